The molecule has 1 aromatic carbocycles. The maximum absolute atomic E-state index is 12.1. The van der Waals surface area contributed by atoms with Crippen molar-refractivity contribution in [3.63, 3.8) is 0 Å². The number of aromatic nitrogens is 2. The monoisotopic (exact) mass is 329 g/mol. The van der Waals surface area contributed by atoms with Crippen molar-refractivity contribution in [2.45, 2.75) is 39.2 Å². The van der Waals surface area contributed by atoms with Crippen molar-refractivity contribution < 1.29 is 14.7 Å². The van der Waals surface area contributed by atoms with Crippen LogP contribution in [0.1, 0.15) is 28.9 Å². The molecule has 0 radical (unpaired) electrons. The zero-order valence-corrected chi connectivity index (χ0v) is 14.2. The summed E-state index contributed by atoms with van der Waals surface area (Å²) in [6.45, 7) is 3.87. The topological polar surface area (TPSA) is 84.2 Å². The molecule has 0 aliphatic heterocycles. The molecule has 0 spiro atoms. The molecule has 6 heteroatoms. The molecule has 6 nitrogen and oxygen atoms in total. The van der Waals surface area contributed by atoms with Gasteiger partial charge in [0, 0.05) is 25.6 Å². The van der Waals surface area contributed by atoms with Gasteiger partial charge in [-0.05, 0) is 31.4 Å². The van der Waals surface area contributed by atoms with E-state index < -0.39 is 12.0 Å². The van der Waals surface area contributed by atoms with Crippen LogP contribution in [0.3, 0.4) is 0 Å². The number of nitrogens with one attached hydrogen (secondary N) is 1. The molecule has 2 N–H and O–H groups in total. The molecule has 0 saturated carbocycles. The first-order chi connectivity index (χ1) is 11.4. The van der Waals surface area contributed by atoms with Gasteiger partial charge in [-0.25, -0.2) is 4.79 Å². The summed E-state index contributed by atoms with van der Waals surface area (Å²) in [5.41, 5.74) is 3.85. The van der Waals surface area contributed by atoms with Crippen molar-refractivity contribution in [2.24, 2.45) is 7.05 Å². The minimum Gasteiger partial charge on any atom is -0.480 e. The molecule has 1 atom stereocenters. The van der Waals surface area contributed by atoms with Crippen LogP contribution < -0.4 is 5.32 Å². The van der Waals surface area contributed by atoms with Crippen LogP contribution in [-0.4, -0.2) is 32.8 Å². The number of hydrogen-bond acceptors (Lipinski definition) is 3. The Morgan fingerprint density at radius 2 is 1.92 bits per heavy atom. The van der Waals surface area contributed by atoms with Gasteiger partial charge in [0.05, 0.1) is 5.69 Å². The van der Waals surface area contributed by atoms with Crippen LogP contribution in [0, 0.1) is 13.8 Å². The largest absolute Gasteiger partial charge is 0.480 e. The lowest BCUT2D eigenvalue weighted by Crippen LogP contribution is -2.42. The highest BCUT2D eigenvalue weighted by atomic mass is 16.4. The number of carboxylic acids is 1. The number of aliphatic carboxylic acids is 1. The Hall–Kier alpha value is -2.63. The molecule has 0 aliphatic carbocycles. The van der Waals surface area contributed by atoms with Gasteiger partial charge in [0.1, 0.15) is 6.04 Å². The number of rotatable bonds is 7. The molecule has 128 valence electrons. The number of carbonyl (C=O) groups excluding carboxylic acids is 1. The third-order valence-corrected chi connectivity index (χ3v) is 4.18. The Bertz CT molecular complexity index is 723. The zero-order valence-electron chi connectivity index (χ0n) is 14.2. The van der Waals surface area contributed by atoms with Crippen molar-refractivity contribution in [3.05, 3.63) is 52.8 Å². The Kier molecular flexibility index (Phi) is 5.73. The molecule has 2 aromatic rings. The van der Waals surface area contributed by atoms with Gasteiger partial charge in [0.25, 0.3) is 0 Å². The van der Waals surface area contributed by atoms with Gasteiger partial charge in [-0.2, -0.15) is 5.10 Å². The summed E-state index contributed by atoms with van der Waals surface area (Å²) in [6, 6.07) is 8.36. The van der Waals surface area contributed by atoms with E-state index in [-0.39, 0.29) is 18.7 Å². The number of carboxylic acid groups (broad SMARTS) is 1. The summed E-state index contributed by atoms with van der Waals surface area (Å²) in [7, 11) is 1.87. The van der Waals surface area contributed by atoms with E-state index >= 15 is 0 Å². The van der Waals surface area contributed by atoms with Gasteiger partial charge in [-0.3, -0.25) is 9.48 Å². The quantitative estimate of drug-likeness (QED) is 0.811. The predicted octanol–water partition coefficient (Wildman–Crippen LogP) is 1.78. The second-order valence-electron chi connectivity index (χ2n) is 5.92. The zero-order chi connectivity index (χ0) is 17.7. The summed E-state index contributed by atoms with van der Waals surface area (Å²) in [4.78, 5) is 23.5. The molecule has 0 saturated heterocycles. The smallest absolute Gasteiger partial charge is 0.326 e. The molecule has 0 aliphatic rings. The molecular weight excluding hydrogens is 306 g/mol. The lowest BCUT2D eigenvalue weighted by molar-refractivity contribution is -0.141. The van der Waals surface area contributed by atoms with Crippen LogP contribution in [0.4, 0.5) is 0 Å². The first kappa shape index (κ1) is 17.7. The SMILES string of the molecule is Cc1nn(C)c(C)c1CCC(=O)NC(Cc1ccccc1)C(=O)O. The van der Waals surface area contributed by atoms with Crippen LogP contribution in [0.25, 0.3) is 0 Å². The summed E-state index contributed by atoms with van der Waals surface area (Å²) in [5.74, 6) is -1.29. The van der Waals surface area contributed by atoms with Gasteiger partial charge in [-0.1, -0.05) is 30.3 Å². The van der Waals surface area contributed by atoms with Gasteiger partial charge in [0.2, 0.25) is 5.91 Å². The van der Waals surface area contributed by atoms with Crippen molar-refractivity contribution >= 4 is 11.9 Å². The van der Waals surface area contributed by atoms with Crippen LogP contribution in [0.5, 0.6) is 0 Å². The van der Waals surface area contributed by atoms with Crippen LogP contribution in [0.2, 0.25) is 0 Å². The Balaban J connectivity index is 1.94. The van der Waals surface area contributed by atoms with E-state index in [1.54, 1.807) is 4.68 Å². The number of amides is 1. The fraction of sp³-hybridized carbons (Fsp3) is 0.389. The van der Waals surface area contributed by atoms with Crippen molar-refractivity contribution in [3.8, 4) is 0 Å². The number of hydrogen-bond donors (Lipinski definition) is 2. The van der Waals surface area contributed by atoms with E-state index in [1.165, 1.54) is 0 Å². The molecule has 0 fully saturated rings. The summed E-state index contributed by atoms with van der Waals surface area (Å²) in [6.07, 6.45) is 1.06. The summed E-state index contributed by atoms with van der Waals surface area (Å²) < 4.78 is 1.79. The van der Waals surface area contributed by atoms with Crippen LogP contribution in [-0.2, 0) is 29.5 Å². The highest BCUT2D eigenvalue weighted by Crippen LogP contribution is 2.14. The Morgan fingerprint density at radius 3 is 2.46 bits per heavy atom. The van der Waals surface area contributed by atoms with E-state index in [1.807, 2.05) is 51.2 Å². The summed E-state index contributed by atoms with van der Waals surface area (Å²) in [5, 5.41) is 16.3. The Labute approximate surface area is 141 Å². The number of benzene rings is 1. The highest BCUT2D eigenvalue weighted by Gasteiger charge is 2.20. The molecule has 0 bridgehead atoms. The average Bonchev–Trinajstić information content (AvgIpc) is 2.78. The Morgan fingerprint density at radius 1 is 1.25 bits per heavy atom. The maximum atomic E-state index is 12.1. The molecular formula is C18H23N3O3. The molecule has 24 heavy (non-hydrogen) atoms. The van der Waals surface area contributed by atoms with E-state index in [2.05, 4.69) is 10.4 Å². The minimum atomic E-state index is -1.03. The van der Waals surface area contributed by atoms with Gasteiger partial charge in [0.15, 0.2) is 0 Å². The molecule has 1 aromatic heterocycles. The molecule has 2 rings (SSSR count). The van der Waals surface area contributed by atoms with Gasteiger partial charge in [-0.15, -0.1) is 0 Å². The van der Waals surface area contributed by atoms with Gasteiger partial charge < -0.3 is 10.4 Å². The van der Waals surface area contributed by atoms with Crippen molar-refractivity contribution in [2.75, 3.05) is 0 Å². The molecule has 1 amide bonds. The van der Waals surface area contributed by atoms with Crippen molar-refractivity contribution in [1.29, 1.82) is 0 Å². The van der Waals surface area contributed by atoms with E-state index in [0.29, 0.717) is 6.42 Å². The van der Waals surface area contributed by atoms with Gasteiger partial charge >= 0.3 is 5.97 Å². The lowest BCUT2D eigenvalue weighted by Gasteiger charge is -2.14. The maximum Gasteiger partial charge on any atom is 0.326 e. The number of carbonyl (C=O) groups is 2. The fourth-order valence-corrected chi connectivity index (χ4v) is 2.73. The van der Waals surface area contributed by atoms with Crippen molar-refractivity contribution in [1.82, 2.24) is 15.1 Å². The third-order valence-electron chi connectivity index (χ3n) is 4.18. The number of aryl methyl sites for hydroxylation is 2. The van der Waals surface area contributed by atoms with E-state index in [9.17, 15) is 14.7 Å². The third kappa shape index (κ3) is 4.44. The summed E-state index contributed by atoms with van der Waals surface area (Å²) >= 11 is 0. The second-order valence-corrected chi connectivity index (χ2v) is 5.92. The molecule has 1 heterocycles. The average molecular weight is 329 g/mol. The lowest BCUT2D eigenvalue weighted by atomic mass is 10.0. The standard InChI is InChI=1S/C18H23N3O3/c1-12-15(13(2)21(3)20-12)9-10-17(22)19-16(18(23)24)11-14-7-5-4-6-8-14/h4-8,16H,9-11H2,1-3H3,(H,19,22)(H,23,24). The van der Waals surface area contributed by atoms with E-state index in [0.717, 1.165) is 22.5 Å². The predicted molar refractivity (Wildman–Crippen MR) is 90.7 cm³/mol. The first-order valence-electron chi connectivity index (χ1n) is 7.93. The van der Waals surface area contributed by atoms with Crippen LogP contribution >= 0.6 is 0 Å². The fourth-order valence-electron chi connectivity index (χ4n) is 2.73. The number of nitrogens with zero attached hydrogens (tertiary/aromatic N) is 2. The minimum absolute atomic E-state index is 0.242. The highest BCUT2D eigenvalue weighted by molar-refractivity contribution is 5.83. The first-order valence-corrected chi connectivity index (χ1v) is 7.93. The molecule has 1 unspecified atom stereocenters. The van der Waals surface area contributed by atoms with Crippen LogP contribution in [0.15, 0.2) is 30.3 Å². The second kappa shape index (κ2) is 7.77. The normalized spacial score (nSPS) is 12.0. The van der Waals surface area contributed by atoms with E-state index in [4.69, 9.17) is 0 Å².